The number of benzene rings is 3. The molecule has 32 heavy (non-hydrogen) atoms. The Morgan fingerprint density at radius 1 is 1.00 bits per heavy atom. The number of methoxy groups -OCH3 is 1. The Labute approximate surface area is 183 Å². The number of halogens is 1. The number of ether oxygens (including phenoxy) is 1. The number of anilines is 1. The normalized spacial score (nSPS) is 17.3. The van der Waals surface area contributed by atoms with Gasteiger partial charge in [0.15, 0.2) is 0 Å². The van der Waals surface area contributed by atoms with Gasteiger partial charge in [-0.2, -0.15) is 5.26 Å². The van der Waals surface area contributed by atoms with Gasteiger partial charge in [-0.3, -0.25) is 14.5 Å². The van der Waals surface area contributed by atoms with Gasteiger partial charge in [0, 0.05) is 11.3 Å². The molecule has 3 aromatic carbocycles. The van der Waals surface area contributed by atoms with Crippen LogP contribution in [-0.4, -0.2) is 23.9 Å². The fourth-order valence-electron chi connectivity index (χ4n) is 3.66. The van der Waals surface area contributed by atoms with Crippen molar-refractivity contribution in [3.8, 4) is 11.8 Å². The predicted octanol–water partition coefficient (Wildman–Crippen LogP) is 4.33. The van der Waals surface area contributed by atoms with E-state index in [0.29, 0.717) is 28.1 Å². The molecule has 1 atom stereocenters. The highest BCUT2D eigenvalue weighted by Crippen LogP contribution is 2.42. The maximum Gasteiger partial charge on any atom is 0.300 e. The Kier molecular flexibility index (Phi) is 5.44. The van der Waals surface area contributed by atoms with Crippen molar-refractivity contribution in [2.45, 2.75) is 6.04 Å². The van der Waals surface area contributed by atoms with Gasteiger partial charge in [-0.05, 0) is 66.2 Å². The third-order valence-corrected chi connectivity index (χ3v) is 5.27. The van der Waals surface area contributed by atoms with Crippen LogP contribution in [0.15, 0.2) is 78.4 Å². The molecule has 0 aliphatic carbocycles. The lowest BCUT2D eigenvalue weighted by molar-refractivity contribution is -0.132. The SMILES string of the molecule is COc1ccc(/C(O)=C2\C(=O)C(=O)N(c3ccc(C#N)cc3)C2c2ccc(F)cc2)cc1. The van der Waals surface area contributed by atoms with E-state index < -0.39 is 23.5 Å². The number of amides is 1. The molecule has 1 unspecified atom stereocenters. The summed E-state index contributed by atoms with van der Waals surface area (Å²) in [7, 11) is 1.51. The van der Waals surface area contributed by atoms with Crippen LogP contribution in [0.25, 0.3) is 5.76 Å². The second-order valence-corrected chi connectivity index (χ2v) is 7.11. The van der Waals surface area contributed by atoms with Gasteiger partial charge in [0.25, 0.3) is 11.7 Å². The van der Waals surface area contributed by atoms with Crippen LogP contribution in [0.3, 0.4) is 0 Å². The number of ketones is 1. The predicted molar refractivity (Wildman–Crippen MR) is 115 cm³/mol. The van der Waals surface area contributed by atoms with E-state index in [4.69, 9.17) is 10.00 Å². The molecule has 1 fully saturated rings. The van der Waals surface area contributed by atoms with Crippen LogP contribution in [0, 0.1) is 17.1 Å². The van der Waals surface area contributed by atoms with Crippen LogP contribution < -0.4 is 9.64 Å². The molecule has 1 N–H and O–H groups in total. The average Bonchev–Trinajstić information content (AvgIpc) is 3.09. The van der Waals surface area contributed by atoms with Crippen LogP contribution in [0.4, 0.5) is 10.1 Å². The zero-order chi connectivity index (χ0) is 22.8. The molecule has 1 amide bonds. The summed E-state index contributed by atoms with van der Waals surface area (Å²) in [6.07, 6.45) is 0. The van der Waals surface area contributed by atoms with Crippen LogP contribution >= 0.6 is 0 Å². The van der Waals surface area contributed by atoms with Crippen molar-refractivity contribution in [1.82, 2.24) is 0 Å². The number of aliphatic hydroxyl groups is 1. The standard InChI is InChI=1S/C25H17FN2O4/c1-32-20-12-6-17(7-13-20)23(29)21-22(16-4-8-18(26)9-5-16)28(25(31)24(21)30)19-10-2-15(14-27)3-11-19/h2-13,22,29H,1H3/b23-21+. The molecule has 1 heterocycles. The second kappa shape index (κ2) is 8.36. The second-order valence-electron chi connectivity index (χ2n) is 7.11. The third kappa shape index (κ3) is 3.59. The lowest BCUT2D eigenvalue weighted by atomic mass is 9.95. The Bertz CT molecular complexity index is 1260. The van der Waals surface area contributed by atoms with Crippen molar-refractivity contribution in [2.24, 2.45) is 0 Å². The number of nitrogens with zero attached hydrogens (tertiary/aromatic N) is 2. The fraction of sp³-hybridized carbons (Fsp3) is 0.0800. The molecule has 6 nitrogen and oxygen atoms in total. The average molecular weight is 428 g/mol. The van der Waals surface area contributed by atoms with Crippen molar-refractivity contribution in [2.75, 3.05) is 12.0 Å². The quantitative estimate of drug-likeness (QED) is 0.379. The Morgan fingerprint density at radius 2 is 1.62 bits per heavy atom. The number of hydrogen-bond acceptors (Lipinski definition) is 5. The van der Waals surface area contributed by atoms with Crippen molar-refractivity contribution < 1.29 is 23.8 Å². The highest BCUT2D eigenvalue weighted by Gasteiger charge is 2.46. The lowest BCUT2D eigenvalue weighted by Crippen LogP contribution is -2.29. The van der Waals surface area contributed by atoms with E-state index in [0.717, 1.165) is 0 Å². The van der Waals surface area contributed by atoms with Gasteiger partial charge >= 0.3 is 0 Å². The number of Topliss-reactive ketones (excluding diaryl/α,β-unsaturated/α-hetero) is 1. The monoisotopic (exact) mass is 428 g/mol. The van der Waals surface area contributed by atoms with Gasteiger partial charge in [0.05, 0.1) is 30.4 Å². The van der Waals surface area contributed by atoms with Crippen molar-refractivity contribution in [1.29, 1.82) is 5.26 Å². The Balaban J connectivity index is 1.90. The summed E-state index contributed by atoms with van der Waals surface area (Å²) in [6, 6.07) is 18.9. The smallest absolute Gasteiger partial charge is 0.300 e. The summed E-state index contributed by atoms with van der Waals surface area (Å²) in [5.41, 5.74) is 1.42. The molecule has 7 heteroatoms. The molecule has 0 radical (unpaired) electrons. The van der Waals surface area contributed by atoms with Gasteiger partial charge in [0.1, 0.15) is 17.3 Å². The molecule has 3 aromatic rings. The van der Waals surface area contributed by atoms with Gasteiger partial charge in [0.2, 0.25) is 0 Å². The minimum Gasteiger partial charge on any atom is -0.507 e. The fourth-order valence-corrected chi connectivity index (χ4v) is 3.66. The number of carbonyl (C=O) groups excluding carboxylic acids is 2. The van der Waals surface area contributed by atoms with Crippen molar-refractivity contribution in [3.63, 3.8) is 0 Å². The Hall–Kier alpha value is -4.44. The highest BCUT2D eigenvalue weighted by atomic mass is 19.1. The van der Waals surface area contributed by atoms with Gasteiger partial charge < -0.3 is 9.84 Å². The Morgan fingerprint density at radius 3 is 2.19 bits per heavy atom. The minimum atomic E-state index is -0.981. The first-order chi connectivity index (χ1) is 15.4. The molecule has 4 rings (SSSR count). The molecule has 0 aromatic heterocycles. The number of aliphatic hydroxyl groups excluding tert-OH is 1. The lowest BCUT2D eigenvalue weighted by Gasteiger charge is -2.25. The molecule has 0 spiro atoms. The first-order valence-electron chi connectivity index (χ1n) is 9.65. The number of nitriles is 1. The molecule has 0 saturated carbocycles. The van der Waals surface area contributed by atoms with Crippen LogP contribution in [0.1, 0.15) is 22.7 Å². The summed E-state index contributed by atoms with van der Waals surface area (Å²) >= 11 is 0. The largest absolute Gasteiger partial charge is 0.507 e. The minimum absolute atomic E-state index is 0.115. The van der Waals surface area contributed by atoms with Crippen molar-refractivity contribution in [3.05, 3.63) is 101 Å². The summed E-state index contributed by atoms with van der Waals surface area (Å²) in [6.45, 7) is 0. The van der Waals surface area contributed by atoms with Gasteiger partial charge in [-0.15, -0.1) is 0 Å². The van der Waals surface area contributed by atoms with Gasteiger partial charge in [-0.1, -0.05) is 12.1 Å². The number of hydrogen-bond donors (Lipinski definition) is 1. The van der Waals surface area contributed by atoms with E-state index in [1.165, 1.54) is 48.4 Å². The van der Waals surface area contributed by atoms with E-state index in [2.05, 4.69) is 0 Å². The zero-order valence-electron chi connectivity index (χ0n) is 16.9. The maximum absolute atomic E-state index is 13.6. The van der Waals surface area contributed by atoms with E-state index in [-0.39, 0.29) is 11.3 Å². The summed E-state index contributed by atoms with van der Waals surface area (Å²) in [5, 5.41) is 20.1. The summed E-state index contributed by atoms with van der Waals surface area (Å²) < 4.78 is 18.7. The zero-order valence-corrected chi connectivity index (χ0v) is 16.9. The van der Waals surface area contributed by atoms with E-state index >= 15 is 0 Å². The topological polar surface area (TPSA) is 90.6 Å². The molecule has 158 valence electrons. The molecule has 1 aliphatic heterocycles. The van der Waals surface area contributed by atoms with E-state index in [1.54, 1.807) is 36.4 Å². The van der Waals surface area contributed by atoms with Gasteiger partial charge in [-0.25, -0.2) is 4.39 Å². The molecular weight excluding hydrogens is 411 g/mol. The third-order valence-electron chi connectivity index (χ3n) is 5.27. The van der Waals surface area contributed by atoms with Crippen LogP contribution in [-0.2, 0) is 9.59 Å². The molecular formula is C25H17FN2O4. The molecule has 1 saturated heterocycles. The summed E-state index contributed by atoms with van der Waals surface area (Å²) in [4.78, 5) is 27.3. The number of carbonyl (C=O) groups is 2. The first kappa shape index (κ1) is 20.8. The maximum atomic E-state index is 13.6. The van der Waals surface area contributed by atoms with Crippen LogP contribution in [0.2, 0.25) is 0 Å². The highest BCUT2D eigenvalue weighted by molar-refractivity contribution is 6.51. The molecule has 1 aliphatic rings. The van der Waals surface area contributed by atoms with Crippen LogP contribution in [0.5, 0.6) is 5.75 Å². The van der Waals surface area contributed by atoms with E-state index in [1.807, 2.05) is 6.07 Å². The van der Waals surface area contributed by atoms with Crippen molar-refractivity contribution >= 4 is 23.1 Å². The molecule has 0 bridgehead atoms. The van der Waals surface area contributed by atoms with E-state index in [9.17, 15) is 19.1 Å². The first-order valence-corrected chi connectivity index (χ1v) is 9.65. The summed E-state index contributed by atoms with van der Waals surface area (Å²) in [5.74, 6) is -1.96. The number of rotatable bonds is 4.